The summed E-state index contributed by atoms with van der Waals surface area (Å²) >= 11 is 3.47. The highest BCUT2D eigenvalue weighted by molar-refractivity contribution is 9.10. The summed E-state index contributed by atoms with van der Waals surface area (Å²) < 4.78 is 7.11. The van der Waals surface area contributed by atoms with Gasteiger partial charge in [0.05, 0.1) is 0 Å². The number of ether oxygens (including phenoxy) is 1. The average molecular weight is 349 g/mol. The first-order valence-corrected chi connectivity index (χ1v) is 7.76. The lowest BCUT2D eigenvalue weighted by Gasteiger charge is -2.21. The lowest BCUT2D eigenvalue weighted by atomic mass is 10.1. The zero-order valence-electron chi connectivity index (χ0n) is 12.9. The van der Waals surface area contributed by atoms with Crippen LogP contribution in [-0.2, 0) is 6.54 Å². The predicted octanol–water partition coefficient (Wildman–Crippen LogP) is 4.83. The zero-order valence-corrected chi connectivity index (χ0v) is 14.5. The van der Waals surface area contributed by atoms with Crippen molar-refractivity contribution in [3.8, 4) is 11.5 Å². The van der Waals surface area contributed by atoms with Crippen LogP contribution in [0.3, 0.4) is 0 Å². The Morgan fingerprint density at radius 2 is 1.95 bits per heavy atom. The van der Waals surface area contributed by atoms with Crippen molar-refractivity contribution in [1.82, 2.24) is 10.3 Å². The summed E-state index contributed by atoms with van der Waals surface area (Å²) in [5, 5.41) is 3.46. The molecule has 0 unspecified atom stereocenters. The molecule has 0 aliphatic heterocycles. The van der Waals surface area contributed by atoms with Crippen molar-refractivity contribution in [3.63, 3.8) is 0 Å². The van der Waals surface area contributed by atoms with Gasteiger partial charge >= 0.3 is 0 Å². The van der Waals surface area contributed by atoms with Crippen molar-refractivity contribution >= 4 is 15.9 Å². The van der Waals surface area contributed by atoms with Gasteiger partial charge in [0.15, 0.2) is 0 Å². The second-order valence-electron chi connectivity index (χ2n) is 6.10. The largest absolute Gasteiger partial charge is 0.457 e. The van der Waals surface area contributed by atoms with Crippen LogP contribution in [0.1, 0.15) is 31.9 Å². The van der Waals surface area contributed by atoms with E-state index in [0.717, 1.165) is 33.6 Å². The molecule has 0 amide bonds. The molecule has 1 aromatic heterocycles. The molecule has 0 aliphatic rings. The molecule has 0 radical (unpaired) electrons. The van der Waals surface area contributed by atoms with E-state index in [1.165, 1.54) is 0 Å². The Hall–Kier alpha value is -1.39. The third-order valence-electron chi connectivity index (χ3n) is 3.02. The molecule has 0 saturated heterocycles. The Kier molecular flexibility index (Phi) is 5.01. The minimum absolute atomic E-state index is 0.0562. The van der Waals surface area contributed by atoms with Gasteiger partial charge in [0, 0.05) is 34.5 Å². The van der Waals surface area contributed by atoms with Crippen LogP contribution in [0.25, 0.3) is 0 Å². The monoisotopic (exact) mass is 348 g/mol. The molecular formula is C17H21BrN2O. The smallest absolute Gasteiger partial charge is 0.135 e. The average Bonchev–Trinajstić information content (AvgIpc) is 2.40. The fraction of sp³-hybridized carbons (Fsp3) is 0.353. The van der Waals surface area contributed by atoms with Crippen LogP contribution in [0.15, 0.2) is 41.1 Å². The molecule has 112 valence electrons. The third kappa shape index (κ3) is 4.83. The van der Waals surface area contributed by atoms with Crippen LogP contribution in [0, 0.1) is 6.92 Å². The van der Waals surface area contributed by atoms with E-state index in [-0.39, 0.29) is 5.54 Å². The van der Waals surface area contributed by atoms with Crippen LogP contribution in [-0.4, -0.2) is 10.5 Å². The molecule has 1 N–H and O–H groups in total. The molecular weight excluding hydrogens is 328 g/mol. The lowest BCUT2D eigenvalue weighted by molar-refractivity contribution is 0.413. The first-order valence-electron chi connectivity index (χ1n) is 6.97. The maximum Gasteiger partial charge on any atom is 0.135 e. The molecule has 3 nitrogen and oxygen atoms in total. The fourth-order valence-corrected chi connectivity index (χ4v) is 2.33. The fourth-order valence-electron chi connectivity index (χ4n) is 1.85. The number of nitrogens with zero attached hydrogens (tertiary/aromatic N) is 1. The van der Waals surface area contributed by atoms with E-state index in [1.54, 1.807) is 6.20 Å². The number of hydrogen-bond acceptors (Lipinski definition) is 3. The van der Waals surface area contributed by atoms with Gasteiger partial charge in [-0.1, -0.05) is 15.9 Å². The summed E-state index contributed by atoms with van der Waals surface area (Å²) in [4.78, 5) is 4.20. The number of aromatic nitrogens is 1. The summed E-state index contributed by atoms with van der Waals surface area (Å²) in [6, 6.07) is 7.90. The van der Waals surface area contributed by atoms with Gasteiger partial charge in [-0.2, -0.15) is 0 Å². The van der Waals surface area contributed by atoms with Gasteiger partial charge in [-0.3, -0.25) is 4.98 Å². The maximum atomic E-state index is 6.06. The second kappa shape index (κ2) is 6.58. The normalized spacial score (nSPS) is 11.5. The molecule has 0 fully saturated rings. The van der Waals surface area contributed by atoms with Gasteiger partial charge < -0.3 is 10.1 Å². The maximum absolute atomic E-state index is 6.06. The van der Waals surface area contributed by atoms with Crippen LogP contribution in [0.5, 0.6) is 11.5 Å². The van der Waals surface area contributed by atoms with Crippen LogP contribution in [0.2, 0.25) is 0 Å². The highest BCUT2D eigenvalue weighted by Crippen LogP contribution is 2.29. The van der Waals surface area contributed by atoms with Crippen LogP contribution in [0.4, 0.5) is 0 Å². The number of halogens is 1. The lowest BCUT2D eigenvalue weighted by Crippen LogP contribution is -2.35. The van der Waals surface area contributed by atoms with Crippen LogP contribution < -0.4 is 10.1 Å². The summed E-state index contributed by atoms with van der Waals surface area (Å²) in [5.74, 6) is 1.70. The molecule has 1 aromatic carbocycles. The molecule has 21 heavy (non-hydrogen) atoms. The Morgan fingerprint density at radius 1 is 1.19 bits per heavy atom. The van der Waals surface area contributed by atoms with E-state index in [4.69, 9.17) is 4.74 Å². The second-order valence-corrected chi connectivity index (χ2v) is 7.01. The van der Waals surface area contributed by atoms with Crippen molar-refractivity contribution in [2.24, 2.45) is 0 Å². The highest BCUT2D eigenvalue weighted by atomic mass is 79.9. The van der Waals surface area contributed by atoms with E-state index in [9.17, 15) is 0 Å². The van der Waals surface area contributed by atoms with E-state index >= 15 is 0 Å². The topological polar surface area (TPSA) is 34.1 Å². The number of hydrogen-bond donors (Lipinski definition) is 1. The minimum atomic E-state index is 0.0562. The first kappa shape index (κ1) is 16.0. The molecule has 1 heterocycles. The third-order valence-corrected chi connectivity index (χ3v) is 3.52. The molecule has 2 rings (SSSR count). The van der Waals surface area contributed by atoms with Crippen molar-refractivity contribution in [2.75, 3.05) is 0 Å². The summed E-state index contributed by atoms with van der Waals surface area (Å²) in [6.07, 6.45) is 3.60. The Labute approximate surface area is 134 Å². The number of benzene rings is 1. The summed E-state index contributed by atoms with van der Waals surface area (Å²) in [6.45, 7) is 9.19. The van der Waals surface area contributed by atoms with Crippen molar-refractivity contribution in [3.05, 3.63) is 52.3 Å². The van der Waals surface area contributed by atoms with Crippen LogP contribution >= 0.6 is 15.9 Å². The Balaban J connectivity index is 2.20. The van der Waals surface area contributed by atoms with Gasteiger partial charge in [-0.25, -0.2) is 0 Å². The zero-order chi connectivity index (χ0) is 15.5. The Morgan fingerprint density at radius 3 is 2.62 bits per heavy atom. The number of rotatable bonds is 4. The number of nitrogens with one attached hydrogen (secondary N) is 1. The molecule has 0 spiro atoms. The van der Waals surface area contributed by atoms with Gasteiger partial charge in [0.25, 0.3) is 0 Å². The van der Waals surface area contributed by atoms with Gasteiger partial charge in [0.2, 0.25) is 0 Å². The van der Waals surface area contributed by atoms with E-state index < -0.39 is 0 Å². The van der Waals surface area contributed by atoms with Gasteiger partial charge in [-0.15, -0.1) is 0 Å². The summed E-state index contributed by atoms with van der Waals surface area (Å²) in [7, 11) is 0. The van der Waals surface area contributed by atoms with Crippen molar-refractivity contribution < 1.29 is 4.74 Å². The van der Waals surface area contributed by atoms with Gasteiger partial charge in [-0.05, 0) is 57.5 Å². The minimum Gasteiger partial charge on any atom is -0.457 e. The first-order chi connectivity index (χ1) is 9.85. The van der Waals surface area contributed by atoms with E-state index in [0.29, 0.717) is 0 Å². The van der Waals surface area contributed by atoms with E-state index in [1.807, 2.05) is 37.4 Å². The summed E-state index contributed by atoms with van der Waals surface area (Å²) in [5.41, 5.74) is 2.20. The van der Waals surface area contributed by atoms with E-state index in [2.05, 4.69) is 47.0 Å². The Bertz CT molecular complexity index is 620. The highest BCUT2D eigenvalue weighted by Gasteiger charge is 2.12. The predicted molar refractivity (Wildman–Crippen MR) is 89.8 cm³/mol. The molecule has 4 heteroatoms. The SMILES string of the molecule is Cc1cc(Br)ccc1Oc1ccncc1CNC(C)(C)C. The standard InChI is InChI=1S/C17H21BrN2O/c1-12-9-14(18)5-6-15(12)21-16-7-8-19-10-13(16)11-20-17(2,3)4/h5-10,20H,11H2,1-4H3. The number of aryl methyl sites for hydroxylation is 1. The molecule has 2 aromatic rings. The van der Waals surface area contributed by atoms with Gasteiger partial charge in [0.1, 0.15) is 11.5 Å². The molecule has 0 bridgehead atoms. The molecule has 0 saturated carbocycles. The molecule has 0 aliphatic carbocycles. The molecule has 0 atom stereocenters. The number of pyridine rings is 1. The van der Waals surface area contributed by atoms with Crippen molar-refractivity contribution in [1.29, 1.82) is 0 Å². The quantitative estimate of drug-likeness (QED) is 0.858. The van der Waals surface area contributed by atoms with Crippen molar-refractivity contribution in [2.45, 2.75) is 39.8 Å².